The Morgan fingerprint density at radius 3 is 2.70 bits per heavy atom. The Morgan fingerprint density at radius 2 is 2.00 bits per heavy atom. The largest absolute Gasteiger partial charge is 0.465 e. The fourth-order valence-corrected chi connectivity index (χ4v) is 2.19. The lowest BCUT2D eigenvalue weighted by molar-refractivity contribution is 0.0602. The summed E-state index contributed by atoms with van der Waals surface area (Å²) in [6.45, 7) is 2.01. The molecule has 0 aliphatic heterocycles. The smallest absolute Gasteiger partial charge is 0.340 e. The predicted molar refractivity (Wildman–Crippen MR) is 84.4 cm³/mol. The van der Waals surface area contributed by atoms with Gasteiger partial charge in [0.05, 0.1) is 29.7 Å². The second kappa shape index (κ2) is 5.96. The molecule has 0 aliphatic carbocycles. The highest BCUT2D eigenvalue weighted by molar-refractivity contribution is 9.10. The third-order valence-electron chi connectivity index (χ3n) is 2.90. The highest BCUT2D eigenvalue weighted by Gasteiger charge is 2.13. The Morgan fingerprint density at radius 1 is 1.25 bits per heavy atom. The number of anilines is 3. The summed E-state index contributed by atoms with van der Waals surface area (Å²) >= 11 is 3.48. The zero-order valence-corrected chi connectivity index (χ0v) is 12.8. The summed E-state index contributed by atoms with van der Waals surface area (Å²) < 4.78 is 5.63. The van der Waals surface area contributed by atoms with E-state index in [4.69, 9.17) is 10.5 Å². The second-order valence-corrected chi connectivity index (χ2v) is 5.22. The van der Waals surface area contributed by atoms with Crippen LogP contribution in [0.15, 0.2) is 40.9 Å². The highest BCUT2D eigenvalue weighted by Crippen LogP contribution is 2.31. The first-order chi connectivity index (χ1) is 9.52. The van der Waals surface area contributed by atoms with Crippen LogP contribution >= 0.6 is 15.9 Å². The van der Waals surface area contributed by atoms with Crippen LogP contribution in [0.4, 0.5) is 17.1 Å². The van der Waals surface area contributed by atoms with E-state index in [1.165, 1.54) is 7.11 Å². The molecule has 0 bridgehead atoms. The van der Waals surface area contributed by atoms with Crippen LogP contribution in [0.25, 0.3) is 0 Å². The molecule has 0 saturated heterocycles. The number of nitrogen functional groups attached to an aromatic ring is 1. The zero-order chi connectivity index (χ0) is 14.7. The maximum atomic E-state index is 11.6. The van der Waals surface area contributed by atoms with Crippen molar-refractivity contribution in [2.45, 2.75) is 6.92 Å². The van der Waals surface area contributed by atoms with Crippen LogP contribution in [0.2, 0.25) is 0 Å². The van der Waals surface area contributed by atoms with E-state index in [9.17, 15) is 4.79 Å². The van der Waals surface area contributed by atoms with Crippen molar-refractivity contribution in [2.75, 3.05) is 18.2 Å². The molecule has 2 rings (SSSR count). The second-order valence-electron chi connectivity index (χ2n) is 4.37. The number of methoxy groups -OCH3 is 1. The molecule has 2 aromatic carbocycles. The maximum Gasteiger partial charge on any atom is 0.340 e. The molecule has 0 heterocycles. The standard InChI is InChI=1S/C15H15BrN2O2/c1-9-6-7-11(16)13(8-9)18-12-5-3-4-10(14(12)17)15(19)20-2/h3-8,18H,17H2,1-2H3. The number of carbonyl (C=O) groups is 1. The molecule has 20 heavy (non-hydrogen) atoms. The molecule has 0 atom stereocenters. The topological polar surface area (TPSA) is 64.3 Å². The van der Waals surface area contributed by atoms with E-state index in [2.05, 4.69) is 21.2 Å². The Balaban J connectivity index is 2.39. The number of esters is 1. The average Bonchev–Trinajstić information content (AvgIpc) is 2.44. The molecule has 0 aliphatic rings. The summed E-state index contributed by atoms with van der Waals surface area (Å²) in [5.41, 5.74) is 9.41. The third kappa shape index (κ3) is 2.93. The minimum absolute atomic E-state index is 0.348. The molecule has 3 N–H and O–H groups in total. The molecule has 0 radical (unpaired) electrons. The van der Waals surface area contributed by atoms with Crippen molar-refractivity contribution in [1.29, 1.82) is 0 Å². The van der Waals surface area contributed by atoms with E-state index in [-0.39, 0.29) is 0 Å². The van der Waals surface area contributed by atoms with Crippen molar-refractivity contribution in [3.05, 3.63) is 52.0 Å². The number of hydrogen-bond acceptors (Lipinski definition) is 4. The van der Waals surface area contributed by atoms with Gasteiger partial charge >= 0.3 is 5.97 Å². The molecule has 5 heteroatoms. The molecule has 0 saturated carbocycles. The van der Waals surface area contributed by atoms with Crippen LogP contribution in [0, 0.1) is 6.92 Å². The Labute approximate surface area is 126 Å². The number of carbonyl (C=O) groups excluding carboxylic acids is 1. The minimum atomic E-state index is -0.450. The molecule has 104 valence electrons. The summed E-state index contributed by atoms with van der Waals surface area (Å²) in [5.74, 6) is -0.450. The maximum absolute atomic E-state index is 11.6. The van der Waals surface area contributed by atoms with Crippen LogP contribution in [0.1, 0.15) is 15.9 Å². The number of para-hydroxylation sites is 1. The van der Waals surface area contributed by atoms with Crippen molar-refractivity contribution in [2.24, 2.45) is 0 Å². The van der Waals surface area contributed by atoms with Crippen LogP contribution in [0.3, 0.4) is 0 Å². The first-order valence-corrected chi connectivity index (χ1v) is 6.82. The van der Waals surface area contributed by atoms with Gasteiger partial charge in [-0.05, 0) is 52.7 Å². The summed E-state index contributed by atoms with van der Waals surface area (Å²) in [6, 6.07) is 11.2. The quantitative estimate of drug-likeness (QED) is 0.660. The van der Waals surface area contributed by atoms with E-state index in [0.29, 0.717) is 16.9 Å². The van der Waals surface area contributed by atoms with Crippen LogP contribution in [-0.2, 0) is 4.74 Å². The number of nitrogens with one attached hydrogen (secondary N) is 1. The van der Waals surface area contributed by atoms with Crippen molar-refractivity contribution in [1.82, 2.24) is 0 Å². The lowest BCUT2D eigenvalue weighted by Gasteiger charge is -2.13. The van der Waals surface area contributed by atoms with Crippen LogP contribution in [0.5, 0.6) is 0 Å². The fourth-order valence-electron chi connectivity index (χ4n) is 1.84. The molecule has 4 nitrogen and oxygen atoms in total. The predicted octanol–water partition coefficient (Wildman–Crippen LogP) is 3.87. The number of benzene rings is 2. The summed E-state index contributed by atoms with van der Waals surface area (Å²) in [7, 11) is 1.33. The number of aryl methyl sites for hydroxylation is 1. The van der Waals surface area contributed by atoms with Crippen LogP contribution < -0.4 is 11.1 Å². The molecule has 2 aromatic rings. The third-order valence-corrected chi connectivity index (χ3v) is 3.59. The number of halogens is 1. The fraction of sp³-hybridized carbons (Fsp3) is 0.133. The molecular formula is C15H15BrN2O2. The van der Waals surface area contributed by atoms with E-state index in [1.807, 2.05) is 31.2 Å². The van der Waals surface area contributed by atoms with E-state index < -0.39 is 5.97 Å². The molecule has 0 unspecified atom stereocenters. The van der Waals surface area contributed by atoms with Gasteiger partial charge in [0.1, 0.15) is 0 Å². The molecular weight excluding hydrogens is 320 g/mol. The van der Waals surface area contributed by atoms with E-state index >= 15 is 0 Å². The number of nitrogens with two attached hydrogens (primary N) is 1. The van der Waals surface area contributed by atoms with Crippen molar-refractivity contribution < 1.29 is 9.53 Å². The van der Waals surface area contributed by atoms with Gasteiger partial charge in [0, 0.05) is 4.47 Å². The average molecular weight is 335 g/mol. The number of hydrogen-bond donors (Lipinski definition) is 2. The van der Waals surface area contributed by atoms with Gasteiger partial charge in [0.15, 0.2) is 0 Å². The monoisotopic (exact) mass is 334 g/mol. The van der Waals surface area contributed by atoms with E-state index in [1.54, 1.807) is 12.1 Å². The van der Waals surface area contributed by atoms with Gasteiger partial charge in [0.25, 0.3) is 0 Å². The summed E-state index contributed by atoms with van der Waals surface area (Å²) in [5, 5.41) is 3.22. The lowest BCUT2D eigenvalue weighted by atomic mass is 10.1. The van der Waals surface area contributed by atoms with Crippen molar-refractivity contribution in [3.8, 4) is 0 Å². The number of rotatable bonds is 3. The van der Waals surface area contributed by atoms with E-state index in [0.717, 1.165) is 15.7 Å². The Bertz CT molecular complexity index is 656. The van der Waals surface area contributed by atoms with Gasteiger partial charge in [0.2, 0.25) is 0 Å². The minimum Gasteiger partial charge on any atom is -0.465 e. The van der Waals surface area contributed by atoms with Gasteiger partial charge in [-0.25, -0.2) is 4.79 Å². The van der Waals surface area contributed by atoms with Gasteiger partial charge in [-0.1, -0.05) is 12.1 Å². The first kappa shape index (κ1) is 14.4. The Hall–Kier alpha value is -2.01. The summed E-state index contributed by atoms with van der Waals surface area (Å²) in [6.07, 6.45) is 0. The van der Waals surface area contributed by atoms with Gasteiger partial charge in [-0.3, -0.25) is 0 Å². The molecule has 0 aromatic heterocycles. The summed E-state index contributed by atoms with van der Waals surface area (Å²) in [4.78, 5) is 11.6. The van der Waals surface area contributed by atoms with Crippen LogP contribution in [-0.4, -0.2) is 13.1 Å². The molecule has 0 fully saturated rings. The lowest BCUT2D eigenvalue weighted by Crippen LogP contribution is -2.07. The van der Waals surface area contributed by atoms with Crippen molar-refractivity contribution >= 4 is 39.0 Å². The molecule has 0 amide bonds. The van der Waals surface area contributed by atoms with Gasteiger partial charge < -0.3 is 15.8 Å². The SMILES string of the molecule is COC(=O)c1cccc(Nc2cc(C)ccc2Br)c1N. The zero-order valence-electron chi connectivity index (χ0n) is 11.2. The highest BCUT2D eigenvalue weighted by atomic mass is 79.9. The Kier molecular flexibility index (Phi) is 4.29. The normalized spacial score (nSPS) is 10.2. The van der Waals surface area contributed by atoms with Crippen molar-refractivity contribution in [3.63, 3.8) is 0 Å². The number of ether oxygens (including phenoxy) is 1. The van der Waals surface area contributed by atoms with Gasteiger partial charge in [-0.2, -0.15) is 0 Å². The first-order valence-electron chi connectivity index (χ1n) is 6.03. The van der Waals surface area contributed by atoms with Gasteiger partial charge in [-0.15, -0.1) is 0 Å². The molecule has 0 spiro atoms.